The van der Waals surface area contributed by atoms with E-state index in [1.165, 1.54) is 6.08 Å². The van der Waals surface area contributed by atoms with Gasteiger partial charge in [0.25, 0.3) is 0 Å². The highest BCUT2D eigenvalue weighted by Crippen LogP contribution is 1.64. The lowest BCUT2D eigenvalue weighted by Gasteiger charge is -1.72. The summed E-state index contributed by atoms with van der Waals surface area (Å²) in [6.07, 6.45) is 5.34. The number of aldehydes is 1. The van der Waals surface area contributed by atoms with Crippen molar-refractivity contribution in [3.8, 4) is 0 Å². The third kappa shape index (κ3) is 5.08. The number of carbonyl (C=O) groups is 1. The zero-order valence-electron chi connectivity index (χ0n) is 4.87. The summed E-state index contributed by atoms with van der Waals surface area (Å²) in [5.74, 6) is 0. The normalized spacial score (nSPS) is 11.1. The Morgan fingerprint density at radius 2 is 2.25 bits per heavy atom. The molecule has 0 radical (unpaired) electrons. The second kappa shape index (κ2) is 6.08. The number of hydrogen-bond donors (Lipinski definition) is 0. The largest absolute Gasteiger partial charge is 0.299 e. The van der Waals surface area contributed by atoms with Gasteiger partial charge in [0.2, 0.25) is 0 Å². The van der Waals surface area contributed by atoms with Crippen molar-refractivity contribution in [3.63, 3.8) is 0 Å². The Morgan fingerprint density at radius 1 is 1.50 bits per heavy atom. The summed E-state index contributed by atoms with van der Waals surface area (Å²) < 4.78 is 0. The van der Waals surface area contributed by atoms with Crippen molar-refractivity contribution in [2.75, 3.05) is 6.54 Å². The van der Waals surface area contributed by atoms with E-state index in [1.54, 1.807) is 12.3 Å². The van der Waals surface area contributed by atoms with Crippen LogP contribution in [-0.4, -0.2) is 19.0 Å². The first-order valence-corrected chi connectivity index (χ1v) is 2.52. The average molecular weight is 111 g/mol. The van der Waals surface area contributed by atoms with Crippen LogP contribution in [0.1, 0.15) is 6.92 Å². The Balaban J connectivity index is 3.26. The zero-order chi connectivity index (χ0) is 6.24. The summed E-state index contributed by atoms with van der Waals surface area (Å²) in [6.45, 7) is 2.70. The van der Waals surface area contributed by atoms with Crippen molar-refractivity contribution >= 4 is 12.5 Å². The lowest BCUT2D eigenvalue weighted by molar-refractivity contribution is -0.104. The predicted molar refractivity (Wildman–Crippen MR) is 34.2 cm³/mol. The molecular formula is C6H9NO. The highest BCUT2D eigenvalue weighted by atomic mass is 16.1. The standard InChI is InChI=1S/C6H9NO/c1-2-7-5-3-4-6-8/h3-6H,2H2,1H3/b4-3-,7-5?. The molecule has 0 fully saturated rings. The summed E-state index contributed by atoms with van der Waals surface area (Å²) in [5, 5.41) is 0. The number of hydrogen-bond acceptors (Lipinski definition) is 2. The third-order valence-corrected chi connectivity index (χ3v) is 0.564. The molecule has 0 atom stereocenters. The number of aliphatic imine (C=N–C) groups is 1. The Labute approximate surface area is 48.9 Å². The number of nitrogens with zero attached hydrogens (tertiary/aromatic N) is 1. The molecule has 0 aliphatic rings. The predicted octanol–water partition coefficient (Wildman–Crippen LogP) is 0.832. The summed E-state index contributed by atoms with van der Waals surface area (Å²) in [7, 11) is 0. The fourth-order valence-electron chi connectivity index (χ4n) is 0.261. The molecule has 0 aromatic carbocycles. The molecule has 44 valence electrons. The van der Waals surface area contributed by atoms with E-state index in [0.29, 0.717) is 0 Å². The molecule has 0 aromatic rings. The molecular weight excluding hydrogens is 102 g/mol. The van der Waals surface area contributed by atoms with E-state index in [1.807, 2.05) is 6.92 Å². The van der Waals surface area contributed by atoms with E-state index >= 15 is 0 Å². The quantitative estimate of drug-likeness (QED) is 0.301. The molecule has 2 heteroatoms. The van der Waals surface area contributed by atoms with Gasteiger partial charge < -0.3 is 0 Å². The molecule has 0 aromatic heterocycles. The zero-order valence-corrected chi connectivity index (χ0v) is 4.87. The second-order valence-electron chi connectivity index (χ2n) is 1.17. The van der Waals surface area contributed by atoms with Crippen molar-refractivity contribution in [1.29, 1.82) is 0 Å². The number of carbonyl (C=O) groups excluding carboxylic acids is 1. The highest BCUT2D eigenvalue weighted by molar-refractivity contribution is 5.78. The van der Waals surface area contributed by atoms with Gasteiger partial charge in [-0.05, 0) is 19.1 Å². The van der Waals surface area contributed by atoms with Gasteiger partial charge in [-0.25, -0.2) is 0 Å². The van der Waals surface area contributed by atoms with Crippen LogP contribution in [0.5, 0.6) is 0 Å². The Bertz CT molecular complexity index is 105. The molecule has 0 saturated heterocycles. The van der Waals surface area contributed by atoms with E-state index in [4.69, 9.17) is 0 Å². The molecule has 0 N–H and O–H groups in total. The maximum Gasteiger partial charge on any atom is 0.142 e. The Kier molecular flexibility index (Phi) is 5.38. The van der Waals surface area contributed by atoms with Crippen molar-refractivity contribution in [2.24, 2.45) is 4.99 Å². The van der Waals surface area contributed by atoms with Gasteiger partial charge in [0.05, 0.1) is 0 Å². The molecule has 0 amide bonds. The van der Waals surface area contributed by atoms with Crippen LogP contribution in [0.4, 0.5) is 0 Å². The number of rotatable bonds is 3. The Morgan fingerprint density at radius 3 is 2.75 bits per heavy atom. The van der Waals surface area contributed by atoms with Gasteiger partial charge in [-0.15, -0.1) is 0 Å². The van der Waals surface area contributed by atoms with Crippen LogP contribution in [-0.2, 0) is 4.79 Å². The summed E-state index contributed by atoms with van der Waals surface area (Å²) in [6, 6.07) is 0. The van der Waals surface area contributed by atoms with Crippen LogP contribution >= 0.6 is 0 Å². The average Bonchev–Trinajstić information content (AvgIpc) is 1.81. The minimum Gasteiger partial charge on any atom is -0.299 e. The molecule has 0 saturated carbocycles. The van der Waals surface area contributed by atoms with E-state index < -0.39 is 0 Å². The molecule has 2 nitrogen and oxygen atoms in total. The molecule has 0 unspecified atom stereocenters. The van der Waals surface area contributed by atoms with E-state index in [2.05, 4.69) is 4.99 Å². The van der Waals surface area contributed by atoms with Gasteiger partial charge >= 0.3 is 0 Å². The van der Waals surface area contributed by atoms with Crippen LogP contribution in [0, 0.1) is 0 Å². The number of allylic oxidation sites excluding steroid dienone is 2. The first-order valence-electron chi connectivity index (χ1n) is 2.52. The maximum atomic E-state index is 9.62. The van der Waals surface area contributed by atoms with Crippen LogP contribution in [0.3, 0.4) is 0 Å². The lowest BCUT2D eigenvalue weighted by Crippen LogP contribution is -1.68. The lowest BCUT2D eigenvalue weighted by atomic mass is 10.5. The fraction of sp³-hybridized carbons (Fsp3) is 0.333. The van der Waals surface area contributed by atoms with Gasteiger partial charge in [0, 0.05) is 12.8 Å². The maximum absolute atomic E-state index is 9.62. The van der Waals surface area contributed by atoms with Crippen molar-refractivity contribution in [2.45, 2.75) is 6.92 Å². The van der Waals surface area contributed by atoms with Gasteiger partial charge in [-0.2, -0.15) is 0 Å². The van der Waals surface area contributed by atoms with Gasteiger partial charge in [-0.1, -0.05) is 0 Å². The monoisotopic (exact) mass is 111 g/mol. The van der Waals surface area contributed by atoms with Crippen molar-refractivity contribution < 1.29 is 4.79 Å². The van der Waals surface area contributed by atoms with Gasteiger partial charge in [0.15, 0.2) is 0 Å². The topological polar surface area (TPSA) is 29.4 Å². The van der Waals surface area contributed by atoms with Crippen LogP contribution in [0.15, 0.2) is 17.1 Å². The van der Waals surface area contributed by atoms with Crippen LogP contribution in [0.25, 0.3) is 0 Å². The second-order valence-corrected chi connectivity index (χ2v) is 1.17. The summed E-state index contributed by atoms with van der Waals surface area (Å²) in [4.78, 5) is 13.5. The highest BCUT2D eigenvalue weighted by Gasteiger charge is 1.61. The molecule has 0 bridgehead atoms. The SMILES string of the molecule is CCN=C/C=C\C=O. The molecule has 0 aliphatic heterocycles. The molecule has 8 heavy (non-hydrogen) atoms. The smallest absolute Gasteiger partial charge is 0.142 e. The molecule has 0 spiro atoms. The van der Waals surface area contributed by atoms with Crippen LogP contribution in [0.2, 0.25) is 0 Å². The molecule has 0 aliphatic carbocycles. The van der Waals surface area contributed by atoms with E-state index in [-0.39, 0.29) is 0 Å². The first kappa shape index (κ1) is 7.08. The minimum atomic E-state index is 0.724. The first-order chi connectivity index (χ1) is 3.91. The summed E-state index contributed by atoms with van der Waals surface area (Å²) >= 11 is 0. The minimum absolute atomic E-state index is 0.724. The van der Waals surface area contributed by atoms with Gasteiger partial charge in [-0.3, -0.25) is 9.79 Å². The Hall–Kier alpha value is -0.920. The van der Waals surface area contributed by atoms with Crippen molar-refractivity contribution in [3.05, 3.63) is 12.2 Å². The van der Waals surface area contributed by atoms with Crippen molar-refractivity contribution in [1.82, 2.24) is 0 Å². The summed E-state index contributed by atoms with van der Waals surface area (Å²) in [5.41, 5.74) is 0. The van der Waals surface area contributed by atoms with E-state index in [0.717, 1.165) is 12.8 Å². The van der Waals surface area contributed by atoms with Gasteiger partial charge in [0.1, 0.15) is 6.29 Å². The third-order valence-electron chi connectivity index (χ3n) is 0.564. The van der Waals surface area contributed by atoms with Crippen LogP contribution < -0.4 is 0 Å². The van der Waals surface area contributed by atoms with E-state index in [9.17, 15) is 4.79 Å². The fourth-order valence-corrected chi connectivity index (χ4v) is 0.261. The molecule has 0 rings (SSSR count). The molecule has 0 heterocycles.